The summed E-state index contributed by atoms with van der Waals surface area (Å²) in [4.78, 5) is 32.7. The molecule has 12 nitrogen and oxygen atoms in total. The Hall–Kier alpha value is -3.51. The maximum Gasteiger partial charge on any atom is 0.292 e. The minimum absolute atomic E-state index is 0.0204. The number of nitrogens with one attached hydrogen (secondary N) is 4. The smallest absolute Gasteiger partial charge is 0.292 e. The summed E-state index contributed by atoms with van der Waals surface area (Å²) in [6.45, 7) is 14.7. The second-order valence-corrected chi connectivity index (χ2v) is 8.38. The molecule has 0 unspecified atom stereocenters. The number of carbonyl (C=O) groups excluding carboxylic acids is 1. The molecule has 0 fully saturated rings. The Labute approximate surface area is 227 Å². The van der Waals surface area contributed by atoms with Crippen LogP contribution in [0, 0.1) is 15.5 Å². The third-order valence-electron chi connectivity index (χ3n) is 5.51. The molecule has 1 rings (SSSR count). The number of aliphatic imine (C=N–C) groups is 1. The highest BCUT2D eigenvalue weighted by Gasteiger charge is 2.22. The fourth-order valence-corrected chi connectivity index (χ4v) is 3.51. The number of benzene rings is 1. The fraction of sp³-hybridized carbons (Fsp3) is 0.577. The number of hydrogen-bond donors (Lipinski definition) is 4. The second kappa shape index (κ2) is 19.6. The van der Waals surface area contributed by atoms with Crippen molar-refractivity contribution in [2.45, 2.75) is 47.1 Å². The normalized spacial score (nSPS) is 11.1. The number of amidine groups is 1. The van der Waals surface area contributed by atoms with Crippen molar-refractivity contribution in [2.24, 2.45) is 4.99 Å². The van der Waals surface area contributed by atoms with E-state index in [9.17, 15) is 14.9 Å². The fourth-order valence-electron chi connectivity index (χ4n) is 3.51. The van der Waals surface area contributed by atoms with Gasteiger partial charge >= 0.3 is 0 Å². The lowest BCUT2D eigenvalue weighted by Crippen LogP contribution is -2.40. The van der Waals surface area contributed by atoms with Gasteiger partial charge < -0.3 is 25.8 Å². The van der Waals surface area contributed by atoms with Gasteiger partial charge in [0.25, 0.3) is 5.69 Å². The van der Waals surface area contributed by atoms with Crippen LogP contribution < -0.4 is 20.9 Å². The van der Waals surface area contributed by atoms with E-state index in [1.165, 1.54) is 11.0 Å². The van der Waals surface area contributed by atoms with Crippen molar-refractivity contribution >= 4 is 30.3 Å². The summed E-state index contributed by atoms with van der Waals surface area (Å²) in [6, 6.07) is 5.01. The largest absolute Gasteiger partial charge is 0.382 e. The van der Waals surface area contributed by atoms with Crippen molar-refractivity contribution in [1.82, 2.24) is 25.8 Å². The van der Waals surface area contributed by atoms with Gasteiger partial charge in [0.15, 0.2) is 5.84 Å². The molecule has 0 saturated carbocycles. The Balaban J connectivity index is 0.00000667. The van der Waals surface area contributed by atoms with Gasteiger partial charge in [-0.1, -0.05) is 33.3 Å². The number of nitro groups is 1. The second-order valence-electron chi connectivity index (χ2n) is 8.38. The first-order valence-corrected chi connectivity index (χ1v) is 13.0. The number of unbranched alkanes of at least 4 members (excludes halogenated alkanes) is 1. The third kappa shape index (κ3) is 11.3. The quantitative estimate of drug-likeness (QED) is 0.0429. The van der Waals surface area contributed by atoms with Gasteiger partial charge in [0.1, 0.15) is 17.2 Å². The van der Waals surface area contributed by atoms with Gasteiger partial charge in [0, 0.05) is 32.7 Å². The summed E-state index contributed by atoms with van der Waals surface area (Å²) in [5.41, 5.74) is 1.37. The molecule has 0 bridgehead atoms. The molecule has 12 heteroatoms. The molecule has 0 aromatic heterocycles. The van der Waals surface area contributed by atoms with Gasteiger partial charge in [0.2, 0.25) is 6.41 Å². The molecular weight excluding hydrogens is 486 g/mol. The predicted octanol–water partition coefficient (Wildman–Crippen LogP) is 2.97. The van der Waals surface area contributed by atoms with Gasteiger partial charge in [0.05, 0.1) is 18.1 Å². The molecule has 1 amide bonds. The van der Waals surface area contributed by atoms with Gasteiger partial charge in [-0.15, -0.1) is 0 Å². The van der Waals surface area contributed by atoms with Crippen LogP contribution in [0.5, 0.6) is 0 Å². The summed E-state index contributed by atoms with van der Waals surface area (Å²) in [6.07, 6.45) is 2.67. The average molecular weight is 534 g/mol. The van der Waals surface area contributed by atoms with Crippen molar-refractivity contribution in [3.8, 4) is 0 Å². The van der Waals surface area contributed by atoms with Crippen molar-refractivity contribution in [3.05, 3.63) is 45.4 Å². The zero-order valence-electron chi connectivity index (χ0n) is 24.1. The summed E-state index contributed by atoms with van der Waals surface area (Å²) >= 11 is 0. The predicted molar refractivity (Wildman–Crippen MR) is 157 cm³/mol. The highest BCUT2D eigenvalue weighted by molar-refractivity contribution is 5.98. The number of anilines is 1. The maximum atomic E-state index is 12.1. The van der Waals surface area contributed by atoms with Crippen LogP contribution in [-0.2, 0) is 11.3 Å². The molecule has 1 aromatic carbocycles. The van der Waals surface area contributed by atoms with Crippen LogP contribution in [0.15, 0.2) is 34.7 Å². The van der Waals surface area contributed by atoms with Gasteiger partial charge in [-0.3, -0.25) is 25.2 Å². The highest BCUT2D eigenvalue weighted by atomic mass is 16.6. The Bertz CT molecular complexity index is 919. The number of nitrogens with zero attached hydrogens (tertiary/aromatic N) is 5. The van der Waals surface area contributed by atoms with Crippen molar-refractivity contribution in [2.75, 3.05) is 58.9 Å². The average Bonchev–Trinajstić information content (AvgIpc) is 2.92. The van der Waals surface area contributed by atoms with E-state index in [0.29, 0.717) is 43.2 Å². The topological polar surface area (TPSA) is 142 Å². The van der Waals surface area contributed by atoms with Crippen LogP contribution in [0.4, 0.5) is 11.4 Å². The number of carbonyl (C=O) groups is 1. The van der Waals surface area contributed by atoms with Crippen molar-refractivity contribution in [3.63, 3.8) is 0 Å². The Kier molecular flexibility index (Phi) is 17.8. The first kappa shape index (κ1) is 34.5. The zero-order chi connectivity index (χ0) is 29.1. The lowest BCUT2D eigenvalue weighted by Gasteiger charge is -2.27. The molecule has 0 radical (unpaired) electrons. The van der Waals surface area contributed by atoms with E-state index < -0.39 is 4.92 Å². The first-order valence-electron chi connectivity index (χ1n) is 13.0. The Morgan fingerprint density at radius 2 is 1.92 bits per heavy atom. The monoisotopic (exact) mass is 533 g/mol. The minimum Gasteiger partial charge on any atom is -0.382 e. The summed E-state index contributed by atoms with van der Waals surface area (Å²) in [5, 5.41) is 29.3. The SMILES string of the molecule is C=NC(=N)/C(NC)=C(\NCNCCCC)N(C=O)Cc1ccc(N(CC)CCN(C)C)c([N+](=O)[O-])c1.CC. The lowest BCUT2D eigenvalue weighted by molar-refractivity contribution is -0.384. The molecule has 38 heavy (non-hydrogen) atoms. The Morgan fingerprint density at radius 3 is 2.42 bits per heavy atom. The molecule has 214 valence electrons. The zero-order valence-corrected chi connectivity index (χ0v) is 24.1. The molecular formula is C26H47N9O3. The van der Waals surface area contributed by atoms with Crippen LogP contribution in [0.25, 0.3) is 0 Å². The van der Waals surface area contributed by atoms with Crippen molar-refractivity contribution in [1.29, 1.82) is 5.41 Å². The standard InChI is InChI=1S/C24H41N9O3.C2H6/c1-7-9-12-28-17-29-24(22(26-3)23(25)27-4)32(18-34)16-19-10-11-20(21(15-19)33(35)36)31(8-2)14-13-30(5)6;1-2/h10-11,15,18,25-26,28-29H,4,7-9,12-14,16-17H2,1-3,5-6H3;1-2H3/b24-22-,25-23?;. The molecule has 0 aliphatic heterocycles. The number of rotatable bonds is 18. The summed E-state index contributed by atoms with van der Waals surface area (Å²) < 4.78 is 0. The molecule has 0 atom stereocenters. The van der Waals surface area contributed by atoms with Gasteiger partial charge in [-0.2, -0.15) is 0 Å². The van der Waals surface area contributed by atoms with E-state index in [0.717, 1.165) is 25.9 Å². The molecule has 4 N–H and O–H groups in total. The molecule has 0 spiro atoms. The van der Waals surface area contributed by atoms with E-state index in [1.807, 2.05) is 44.7 Å². The molecule has 1 aromatic rings. The molecule has 0 saturated heterocycles. The van der Waals surface area contributed by atoms with E-state index in [1.54, 1.807) is 19.2 Å². The Morgan fingerprint density at radius 1 is 1.24 bits per heavy atom. The molecule has 0 heterocycles. The van der Waals surface area contributed by atoms with E-state index in [-0.39, 0.29) is 23.8 Å². The van der Waals surface area contributed by atoms with E-state index in [2.05, 4.69) is 34.6 Å². The van der Waals surface area contributed by atoms with Crippen LogP contribution in [0.2, 0.25) is 0 Å². The maximum absolute atomic E-state index is 12.1. The highest BCUT2D eigenvalue weighted by Crippen LogP contribution is 2.30. The number of amides is 1. The third-order valence-corrected chi connectivity index (χ3v) is 5.51. The summed E-state index contributed by atoms with van der Waals surface area (Å²) in [7, 11) is 5.54. The van der Waals surface area contributed by atoms with E-state index in [4.69, 9.17) is 5.41 Å². The number of hydrogen-bond acceptors (Lipinski definition) is 9. The number of nitro benzene ring substituents is 1. The van der Waals surface area contributed by atoms with Crippen LogP contribution in [-0.4, -0.2) is 87.7 Å². The van der Waals surface area contributed by atoms with Gasteiger partial charge in [-0.05, 0) is 52.3 Å². The van der Waals surface area contributed by atoms with E-state index >= 15 is 0 Å². The first-order chi connectivity index (χ1) is 18.2. The van der Waals surface area contributed by atoms with Crippen molar-refractivity contribution < 1.29 is 9.72 Å². The number of likely N-dealkylation sites (N-methyl/N-ethyl adjacent to an activating group) is 3. The van der Waals surface area contributed by atoms with Crippen LogP contribution >= 0.6 is 0 Å². The van der Waals surface area contributed by atoms with Crippen LogP contribution in [0.3, 0.4) is 0 Å². The lowest BCUT2D eigenvalue weighted by atomic mass is 10.1. The molecule has 0 aliphatic rings. The van der Waals surface area contributed by atoms with Gasteiger partial charge in [-0.25, -0.2) is 4.99 Å². The summed E-state index contributed by atoms with van der Waals surface area (Å²) in [5.74, 6) is 0.183. The van der Waals surface area contributed by atoms with Crippen LogP contribution in [0.1, 0.15) is 46.1 Å². The minimum atomic E-state index is -0.397. The molecule has 0 aliphatic carbocycles.